The molecule has 0 aliphatic rings. The molecule has 0 spiro atoms. The monoisotopic (exact) mass is 380 g/mol. The average Bonchev–Trinajstić information content (AvgIpc) is 2.62. The quantitative estimate of drug-likeness (QED) is 0.633. The molecule has 0 aliphatic carbocycles. The number of benzene rings is 2. The van der Waals surface area contributed by atoms with Crippen LogP contribution < -0.4 is 10.6 Å². The van der Waals surface area contributed by atoms with Gasteiger partial charge in [-0.3, -0.25) is 4.79 Å². The molecular formula is C21H21ClN4O. The molecule has 5 nitrogen and oxygen atoms in total. The number of hydrogen-bond donors (Lipinski definition) is 2. The highest BCUT2D eigenvalue weighted by Crippen LogP contribution is 2.29. The Labute approximate surface area is 163 Å². The van der Waals surface area contributed by atoms with Crippen molar-refractivity contribution in [3.63, 3.8) is 0 Å². The number of nitrogens with one attached hydrogen (secondary N) is 2. The van der Waals surface area contributed by atoms with Crippen LogP contribution in [0.2, 0.25) is 5.02 Å². The fraction of sp³-hybridized carbons (Fsp3) is 0.190. The minimum absolute atomic E-state index is 0.0830. The molecule has 1 heterocycles. The predicted octanol–water partition coefficient (Wildman–Crippen LogP) is 5.42. The van der Waals surface area contributed by atoms with Crippen LogP contribution in [0.25, 0.3) is 0 Å². The molecule has 2 aromatic carbocycles. The van der Waals surface area contributed by atoms with E-state index in [1.165, 1.54) is 12.4 Å². The van der Waals surface area contributed by atoms with Gasteiger partial charge in [0, 0.05) is 16.4 Å². The van der Waals surface area contributed by atoms with Crippen LogP contribution in [0.5, 0.6) is 0 Å². The predicted molar refractivity (Wildman–Crippen MR) is 110 cm³/mol. The minimum Gasteiger partial charge on any atom is -0.339 e. The third kappa shape index (κ3) is 4.83. The van der Waals surface area contributed by atoms with Gasteiger partial charge in [0.2, 0.25) is 0 Å². The van der Waals surface area contributed by atoms with Crippen molar-refractivity contribution in [3.05, 3.63) is 77.2 Å². The second kappa shape index (κ2) is 7.76. The van der Waals surface area contributed by atoms with Crippen LogP contribution in [0.3, 0.4) is 0 Å². The highest BCUT2D eigenvalue weighted by atomic mass is 35.5. The number of amides is 1. The maximum atomic E-state index is 12.6. The number of nitrogens with zero attached hydrogens (tertiary/aromatic N) is 2. The largest absolute Gasteiger partial charge is 0.339 e. The molecular weight excluding hydrogens is 360 g/mol. The van der Waals surface area contributed by atoms with E-state index < -0.39 is 0 Å². The lowest BCUT2D eigenvalue weighted by Crippen LogP contribution is -2.19. The van der Waals surface area contributed by atoms with E-state index in [1.807, 2.05) is 36.4 Å². The van der Waals surface area contributed by atoms with E-state index in [0.29, 0.717) is 10.8 Å². The van der Waals surface area contributed by atoms with Gasteiger partial charge in [0.1, 0.15) is 11.5 Å². The highest BCUT2D eigenvalue weighted by Gasteiger charge is 2.19. The summed E-state index contributed by atoms with van der Waals surface area (Å²) in [6.45, 7) is 6.32. The zero-order chi connectivity index (χ0) is 19.4. The lowest BCUT2D eigenvalue weighted by atomic mass is 9.86. The molecule has 0 fully saturated rings. The molecule has 0 radical (unpaired) electrons. The Morgan fingerprint density at radius 1 is 1.00 bits per heavy atom. The van der Waals surface area contributed by atoms with Crippen molar-refractivity contribution in [3.8, 4) is 0 Å². The summed E-state index contributed by atoms with van der Waals surface area (Å²) >= 11 is 5.97. The van der Waals surface area contributed by atoms with E-state index in [2.05, 4.69) is 41.4 Å². The number of carbonyl (C=O) groups excluding carboxylic acids is 1. The summed E-state index contributed by atoms with van der Waals surface area (Å²) in [6.07, 6.45) is 2.97. The van der Waals surface area contributed by atoms with Crippen molar-refractivity contribution in [1.82, 2.24) is 9.97 Å². The molecule has 0 unspecified atom stereocenters. The Hall–Kier alpha value is -2.92. The third-order valence-corrected chi connectivity index (χ3v) is 4.20. The zero-order valence-corrected chi connectivity index (χ0v) is 16.2. The number of para-hydroxylation sites is 1. The molecule has 3 rings (SSSR count). The van der Waals surface area contributed by atoms with Gasteiger partial charge < -0.3 is 10.6 Å². The first-order chi connectivity index (χ1) is 12.8. The van der Waals surface area contributed by atoms with Crippen LogP contribution in [-0.4, -0.2) is 15.9 Å². The standard InChI is InChI=1S/C21H21ClN4O/c1-21(2,3)16-9-4-5-10-17(16)26-20(27)18-12-24-19(13-23-18)25-15-8-6-7-14(22)11-15/h4-13H,1-3H3,(H,24,25)(H,26,27). The number of anilines is 3. The number of rotatable bonds is 4. The Morgan fingerprint density at radius 3 is 2.44 bits per heavy atom. The van der Waals surface area contributed by atoms with Gasteiger partial charge in [0.15, 0.2) is 0 Å². The van der Waals surface area contributed by atoms with Crippen molar-refractivity contribution in [2.75, 3.05) is 10.6 Å². The van der Waals surface area contributed by atoms with Crippen LogP contribution in [0.4, 0.5) is 17.2 Å². The van der Waals surface area contributed by atoms with Gasteiger partial charge in [-0.2, -0.15) is 0 Å². The first-order valence-corrected chi connectivity index (χ1v) is 8.96. The van der Waals surface area contributed by atoms with E-state index >= 15 is 0 Å². The molecule has 1 aromatic heterocycles. The van der Waals surface area contributed by atoms with E-state index in [-0.39, 0.29) is 17.0 Å². The smallest absolute Gasteiger partial charge is 0.275 e. The topological polar surface area (TPSA) is 66.9 Å². The lowest BCUT2D eigenvalue weighted by molar-refractivity contribution is 0.102. The summed E-state index contributed by atoms with van der Waals surface area (Å²) in [5.41, 5.74) is 2.80. The van der Waals surface area contributed by atoms with Crippen LogP contribution in [-0.2, 0) is 5.41 Å². The molecule has 138 valence electrons. The summed E-state index contributed by atoms with van der Waals surface area (Å²) in [4.78, 5) is 21.0. The number of carbonyl (C=O) groups is 1. The number of hydrogen-bond acceptors (Lipinski definition) is 4. The van der Waals surface area contributed by atoms with Gasteiger partial charge in [-0.25, -0.2) is 9.97 Å². The van der Waals surface area contributed by atoms with Crippen molar-refractivity contribution in [1.29, 1.82) is 0 Å². The summed E-state index contributed by atoms with van der Waals surface area (Å²) in [7, 11) is 0. The van der Waals surface area contributed by atoms with Crippen LogP contribution in [0, 0.1) is 0 Å². The molecule has 3 aromatic rings. The molecule has 0 saturated heterocycles. The molecule has 1 amide bonds. The zero-order valence-electron chi connectivity index (χ0n) is 15.5. The van der Waals surface area contributed by atoms with E-state index in [9.17, 15) is 4.79 Å². The molecule has 2 N–H and O–H groups in total. The van der Waals surface area contributed by atoms with E-state index in [1.54, 1.807) is 12.1 Å². The van der Waals surface area contributed by atoms with Gasteiger partial charge >= 0.3 is 0 Å². The van der Waals surface area contributed by atoms with Crippen molar-refractivity contribution >= 4 is 34.7 Å². The Balaban J connectivity index is 1.73. The summed E-state index contributed by atoms with van der Waals surface area (Å²) < 4.78 is 0. The molecule has 0 bridgehead atoms. The van der Waals surface area contributed by atoms with Crippen LogP contribution in [0.15, 0.2) is 60.9 Å². The number of aromatic nitrogens is 2. The lowest BCUT2D eigenvalue weighted by Gasteiger charge is -2.22. The van der Waals surface area contributed by atoms with Crippen molar-refractivity contribution < 1.29 is 4.79 Å². The minimum atomic E-state index is -0.298. The molecule has 0 saturated carbocycles. The van der Waals surface area contributed by atoms with Gasteiger partial charge in [-0.1, -0.05) is 56.6 Å². The summed E-state index contributed by atoms with van der Waals surface area (Å²) in [5, 5.41) is 6.66. The third-order valence-electron chi connectivity index (χ3n) is 3.96. The average molecular weight is 381 g/mol. The van der Waals surface area contributed by atoms with E-state index in [4.69, 9.17) is 11.6 Å². The van der Waals surface area contributed by atoms with Crippen molar-refractivity contribution in [2.24, 2.45) is 0 Å². The van der Waals surface area contributed by atoms with Crippen LogP contribution in [0.1, 0.15) is 36.8 Å². The molecule has 0 atom stereocenters. The fourth-order valence-corrected chi connectivity index (χ4v) is 2.85. The Bertz CT molecular complexity index is 949. The number of halogens is 1. The normalized spacial score (nSPS) is 11.1. The fourth-order valence-electron chi connectivity index (χ4n) is 2.66. The summed E-state index contributed by atoms with van der Waals surface area (Å²) in [5.74, 6) is 0.234. The van der Waals surface area contributed by atoms with Gasteiger partial charge in [0.25, 0.3) is 5.91 Å². The molecule has 6 heteroatoms. The first kappa shape index (κ1) is 18.9. The maximum absolute atomic E-state index is 12.6. The van der Waals surface area contributed by atoms with Gasteiger partial charge in [-0.15, -0.1) is 0 Å². The Kier molecular flexibility index (Phi) is 5.42. The maximum Gasteiger partial charge on any atom is 0.275 e. The van der Waals surface area contributed by atoms with Gasteiger partial charge in [-0.05, 0) is 35.2 Å². The molecule has 27 heavy (non-hydrogen) atoms. The SMILES string of the molecule is CC(C)(C)c1ccccc1NC(=O)c1cnc(Nc2cccc(Cl)c2)cn1. The highest BCUT2D eigenvalue weighted by molar-refractivity contribution is 6.30. The Morgan fingerprint density at radius 2 is 1.78 bits per heavy atom. The van der Waals surface area contributed by atoms with Gasteiger partial charge in [0.05, 0.1) is 12.4 Å². The van der Waals surface area contributed by atoms with E-state index in [0.717, 1.165) is 16.9 Å². The first-order valence-electron chi connectivity index (χ1n) is 8.58. The molecule has 0 aliphatic heterocycles. The second-order valence-electron chi connectivity index (χ2n) is 7.17. The second-order valence-corrected chi connectivity index (χ2v) is 7.61. The van der Waals surface area contributed by atoms with Crippen molar-refractivity contribution in [2.45, 2.75) is 26.2 Å². The van der Waals surface area contributed by atoms with Crippen LogP contribution >= 0.6 is 11.6 Å². The summed E-state index contributed by atoms with van der Waals surface area (Å²) in [6, 6.07) is 15.1.